The molecule has 1 atom stereocenters. The number of benzene rings is 2. The van der Waals surface area contributed by atoms with Crippen LogP contribution in [0.1, 0.15) is 23.6 Å². The minimum atomic E-state index is -0.938. The maximum absolute atomic E-state index is 12.4. The standard InChI is InChI=1S/C17H19NO/c1-13-8-10-14(11-9-13)12-16(19)17(2,18)15-6-4-3-5-7-15/h3-11H,12,18H2,1-2H3. The fourth-order valence-corrected chi connectivity index (χ4v) is 2.02. The summed E-state index contributed by atoms with van der Waals surface area (Å²) in [5, 5.41) is 0. The van der Waals surface area contributed by atoms with Crippen molar-refractivity contribution in [3.05, 3.63) is 71.3 Å². The Kier molecular flexibility index (Phi) is 3.82. The van der Waals surface area contributed by atoms with Gasteiger partial charge in [0.25, 0.3) is 0 Å². The summed E-state index contributed by atoms with van der Waals surface area (Å²) in [7, 11) is 0. The zero-order valence-electron chi connectivity index (χ0n) is 11.4. The van der Waals surface area contributed by atoms with Gasteiger partial charge in [-0.3, -0.25) is 4.79 Å². The summed E-state index contributed by atoms with van der Waals surface area (Å²) in [4.78, 5) is 12.4. The molecule has 2 N–H and O–H groups in total. The zero-order chi connectivity index (χ0) is 13.9. The van der Waals surface area contributed by atoms with Crippen LogP contribution in [0.2, 0.25) is 0 Å². The molecule has 2 aromatic carbocycles. The Morgan fingerprint density at radius 3 is 2.21 bits per heavy atom. The van der Waals surface area contributed by atoms with E-state index in [2.05, 4.69) is 0 Å². The average molecular weight is 253 g/mol. The van der Waals surface area contributed by atoms with E-state index < -0.39 is 5.54 Å². The second-order valence-electron chi connectivity index (χ2n) is 5.15. The Morgan fingerprint density at radius 1 is 1.05 bits per heavy atom. The topological polar surface area (TPSA) is 43.1 Å². The molecule has 0 heterocycles. The molecule has 2 heteroatoms. The third-order valence-electron chi connectivity index (χ3n) is 3.44. The monoisotopic (exact) mass is 253 g/mol. The number of carbonyl (C=O) groups is 1. The molecule has 0 radical (unpaired) electrons. The Bertz CT molecular complexity index is 556. The van der Waals surface area contributed by atoms with Gasteiger partial charge >= 0.3 is 0 Å². The van der Waals surface area contributed by atoms with Gasteiger partial charge in [-0.2, -0.15) is 0 Å². The minimum absolute atomic E-state index is 0.0301. The molecule has 0 aromatic heterocycles. The zero-order valence-corrected chi connectivity index (χ0v) is 11.4. The van der Waals surface area contributed by atoms with E-state index >= 15 is 0 Å². The molecule has 0 bridgehead atoms. The summed E-state index contributed by atoms with van der Waals surface area (Å²) in [6.07, 6.45) is 0.363. The van der Waals surface area contributed by atoms with Crippen molar-refractivity contribution >= 4 is 5.78 Å². The molecule has 0 aliphatic rings. The molecule has 0 saturated carbocycles. The van der Waals surface area contributed by atoms with E-state index in [9.17, 15) is 4.79 Å². The van der Waals surface area contributed by atoms with Crippen molar-refractivity contribution in [1.82, 2.24) is 0 Å². The highest BCUT2D eigenvalue weighted by atomic mass is 16.1. The number of Topliss-reactive ketones (excluding diaryl/α,β-unsaturated/α-hetero) is 1. The Labute approximate surface area is 114 Å². The fraction of sp³-hybridized carbons (Fsp3) is 0.235. The molecule has 0 aliphatic carbocycles. The van der Waals surface area contributed by atoms with Crippen LogP contribution in [0.3, 0.4) is 0 Å². The van der Waals surface area contributed by atoms with Gasteiger partial charge in [-0.1, -0.05) is 60.2 Å². The van der Waals surface area contributed by atoms with E-state index in [1.54, 1.807) is 6.92 Å². The van der Waals surface area contributed by atoms with Gasteiger partial charge in [-0.25, -0.2) is 0 Å². The summed E-state index contributed by atoms with van der Waals surface area (Å²) < 4.78 is 0. The van der Waals surface area contributed by atoms with Crippen LogP contribution in [0.4, 0.5) is 0 Å². The van der Waals surface area contributed by atoms with E-state index in [0.29, 0.717) is 6.42 Å². The van der Waals surface area contributed by atoms with E-state index in [4.69, 9.17) is 5.73 Å². The predicted octanol–water partition coefficient (Wildman–Crippen LogP) is 2.98. The molecule has 2 rings (SSSR count). The van der Waals surface area contributed by atoms with Crippen molar-refractivity contribution in [1.29, 1.82) is 0 Å². The van der Waals surface area contributed by atoms with Gasteiger partial charge in [-0.05, 0) is 25.0 Å². The number of ketones is 1. The molecule has 0 aliphatic heterocycles. The van der Waals surface area contributed by atoms with Crippen molar-refractivity contribution in [3.8, 4) is 0 Å². The van der Waals surface area contributed by atoms with Crippen molar-refractivity contribution in [3.63, 3.8) is 0 Å². The summed E-state index contributed by atoms with van der Waals surface area (Å²) in [6, 6.07) is 17.5. The number of hydrogen-bond acceptors (Lipinski definition) is 2. The molecule has 19 heavy (non-hydrogen) atoms. The van der Waals surface area contributed by atoms with Crippen LogP contribution < -0.4 is 5.73 Å². The predicted molar refractivity (Wildman–Crippen MR) is 77.9 cm³/mol. The average Bonchev–Trinajstić information content (AvgIpc) is 2.42. The molecule has 0 spiro atoms. The van der Waals surface area contributed by atoms with Crippen molar-refractivity contribution < 1.29 is 4.79 Å². The van der Waals surface area contributed by atoms with Gasteiger partial charge in [0.15, 0.2) is 5.78 Å². The molecule has 0 saturated heterocycles. The first kappa shape index (κ1) is 13.5. The van der Waals surface area contributed by atoms with Crippen LogP contribution in [0.25, 0.3) is 0 Å². The molecular formula is C17H19NO. The van der Waals surface area contributed by atoms with Gasteiger partial charge in [0.1, 0.15) is 0 Å². The lowest BCUT2D eigenvalue weighted by molar-refractivity contribution is -0.123. The van der Waals surface area contributed by atoms with Crippen molar-refractivity contribution in [2.24, 2.45) is 5.73 Å². The third-order valence-corrected chi connectivity index (χ3v) is 3.44. The van der Waals surface area contributed by atoms with E-state index in [0.717, 1.165) is 11.1 Å². The summed E-state index contributed by atoms with van der Waals surface area (Å²) in [5.74, 6) is 0.0301. The number of rotatable bonds is 4. The van der Waals surface area contributed by atoms with E-state index in [-0.39, 0.29) is 5.78 Å². The Morgan fingerprint density at radius 2 is 1.63 bits per heavy atom. The van der Waals surface area contributed by atoms with Crippen LogP contribution in [0, 0.1) is 6.92 Å². The lowest BCUT2D eigenvalue weighted by Gasteiger charge is -2.23. The summed E-state index contributed by atoms with van der Waals surface area (Å²) >= 11 is 0. The third kappa shape index (κ3) is 3.09. The second kappa shape index (κ2) is 5.37. The molecular weight excluding hydrogens is 234 g/mol. The largest absolute Gasteiger partial charge is 0.315 e. The first-order valence-corrected chi connectivity index (χ1v) is 6.43. The quantitative estimate of drug-likeness (QED) is 0.910. The highest BCUT2D eigenvalue weighted by molar-refractivity contribution is 5.90. The number of carbonyl (C=O) groups excluding carboxylic acids is 1. The summed E-state index contributed by atoms with van der Waals surface area (Å²) in [5.41, 5.74) is 8.32. The second-order valence-corrected chi connectivity index (χ2v) is 5.15. The fourth-order valence-electron chi connectivity index (χ4n) is 2.02. The molecule has 0 amide bonds. The Hall–Kier alpha value is -1.93. The first-order chi connectivity index (χ1) is 9.00. The van der Waals surface area contributed by atoms with E-state index in [1.807, 2.05) is 61.5 Å². The van der Waals surface area contributed by atoms with Crippen LogP contribution in [-0.4, -0.2) is 5.78 Å². The Balaban J connectivity index is 2.17. The van der Waals surface area contributed by atoms with Crippen molar-refractivity contribution in [2.45, 2.75) is 25.8 Å². The molecule has 98 valence electrons. The number of nitrogens with two attached hydrogens (primary N) is 1. The normalized spacial score (nSPS) is 13.8. The van der Waals surface area contributed by atoms with Crippen LogP contribution in [0.15, 0.2) is 54.6 Å². The molecule has 1 unspecified atom stereocenters. The summed E-state index contributed by atoms with van der Waals surface area (Å²) in [6.45, 7) is 3.81. The first-order valence-electron chi connectivity index (χ1n) is 6.43. The van der Waals surface area contributed by atoms with Crippen LogP contribution in [-0.2, 0) is 16.8 Å². The number of aryl methyl sites for hydroxylation is 1. The van der Waals surface area contributed by atoms with Gasteiger partial charge in [0.2, 0.25) is 0 Å². The molecule has 2 aromatic rings. The maximum atomic E-state index is 12.4. The molecule has 2 nitrogen and oxygen atoms in total. The van der Waals surface area contributed by atoms with Crippen LogP contribution >= 0.6 is 0 Å². The highest BCUT2D eigenvalue weighted by Gasteiger charge is 2.29. The van der Waals surface area contributed by atoms with Gasteiger partial charge in [0, 0.05) is 6.42 Å². The lowest BCUT2D eigenvalue weighted by Crippen LogP contribution is -2.42. The number of hydrogen-bond donors (Lipinski definition) is 1. The van der Waals surface area contributed by atoms with Gasteiger partial charge in [0.05, 0.1) is 5.54 Å². The van der Waals surface area contributed by atoms with E-state index in [1.165, 1.54) is 5.56 Å². The van der Waals surface area contributed by atoms with Crippen molar-refractivity contribution in [2.75, 3.05) is 0 Å². The molecule has 0 fully saturated rings. The van der Waals surface area contributed by atoms with Gasteiger partial charge in [-0.15, -0.1) is 0 Å². The van der Waals surface area contributed by atoms with Gasteiger partial charge < -0.3 is 5.73 Å². The minimum Gasteiger partial charge on any atom is -0.315 e. The smallest absolute Gasteiger partial charge is 0.161 e. The SMILES string of the molecule is Cc1ccc(CC(=O)C(C)(N)c2ccccc2)cc1. The van der Waals surface area contributed by atoms with Crippen LogP contribution in [0.5, 0.6) is 0 Å². The maximum Gasteiger partial charge on any atom is 0.161 e. The highest BCUT2D eigenvalue weighted by Crippen LogP contribution is 2.20. The lowest BCUT2D eigenvalue weighted by atomic mass is 9.86.